The van der Waals surface area contributed by atoms with E-state index in [0.29, 0.717) is 13.1 Å². The van der Waals surface area contributed by atoms with Crippen molar-refractivity contribution in [1.29, 1.82) is 0 Å². The average Bonchev–Trinajstić information content (AvgIpc) is 3.53. The van der Waals surface area contributed by atoms with Crippen molar-refractivity contribution in [2.45, 2.75) is 36.9 Å². The molecular weight excluding hydrogens is 388 g/mol. The molecule has 0 amide bonds. The topological polar surface area (TPSA) is 76.8 Å². The van der Waals surface area contributed by atoms with Crippen LogP contribution in [0.25, 0.3) is 16.8 Å². The summed E-state index contributed by atoms with van der Waals surface area (Å²) in [5, 5.41) is 4.57. The summed E-state index contributed by atoms with van der Waals surface area (Å²) in [4.78, 5) is 4.70. The number of aromatic nitrogens is 3. The molecule has 1 saturated carbocycles. The molecule has 2 aliphatic rings. The molecule has 3 heterocycles. The van der Waals surface area contributed by atoms with Gasteiger partial charge in [-0.25, -0.2) is 22.2 Å². The van der Waals surface area contributed by atoms with Crippen molar-refractivity contribution in [3.8, 4) is 16.9 Å². The molecule has 152 valence electrons. The number of nitrogens with zero attached hydrogens (tertiary/aromatic N) is 4. The second-order valence-corrected chi connectivity index (χ2v) is 10.1. The van der Waals surface area contributed by atoms with Gasteiger partial charge in [-0.2, -0.15) is 5.10 Å². The Morgan fingerprint density at radius 1 is 1.03 bits per heavy atom. The largest absolute Gasteiger partial charge is 0.497 e. The number of sulfonamides is 1. The van der Waals surface area contributed by atoms with E-state index in [0.717, 1.165) is 54.0 Å². The summed E-state index contributed by atoms with van der Waals surface area (Å²) in [6.45, 7) is 1.13. The van der Waals surface area contributed by atoms with E-state index in [4.69, 9.17) is 14.8 Å². The molecule has 0 atom stereocenters. The number of benzene rings is 1. The molecule has 8 heteroatoms. The van der Waals surface area contributed by atoms with Crippen LogP contribution < -0.4 is 4.74 Å². The lowest BCUT2D eigenvalue weighted by atomic mass is 9.98. The van der Waals surface area contributed by atoms with Gasteiger partial charge in [0.15, 0.2) is 11.5 Å². The predicted molar refractivity (Wildman–Crippen MR) is 110 cm³/mol. The van der Waals surface area contributed by atoms with Crippen LogP contribution in [0.15, 0.2) is 42.6 Å². The third-order valence-corrected chi connectivity index (χ3v) is 8.27. The molecule has 29 heavy (non-hydrogen) atoms. The number of fused-ring (bicyclic) bond motifs is 1. The first-order chi connectivity index (χ1) is 14.0. The van der Waals surface area contributed by atoms with Crippen LogP contribution in [0.2, 0.25) is 0 Å². The van der Waals surface area contributed by atoms with E-state index in [-0.39, 0.29) is 11.2 Å². The van der Waals surface area contributed by atoms with E-state index in [1.54, 1.807) is 11.4 Å². The van der Waals surface area contributed by atoms with Gasteiger partial charge in [-0.15, -0.1) is 0 Å². The van der Waals surface area contributed by atoms with Crippen LogP contribution in [-0.4, -0.2) is 52.8 Å². The summed E-state index contributed by atoms with van der Waals surface area (Å²) >= 11 is 0. The van der Waals surface area contributed by atoms with Crippen LogP contribution >= 0.6 is 0 Å². The molecule has 7 nitrogen and oxygen atoms in total. The van der Waals surface area contributed by atoms with Gasteiger partial charge in [0.25, 0.3) is 0 Å². The lowest BCUT2D eigenvalue weighted by Crippen LogP contribution is -2.39. The summed E-state index contributed by atoms with van der Waals surface area (Å²) in [7, 11) is -1.42. The van der Waals surface area contributed by atoms with Gasteiger partial charge in [0, 0.05) is 30.8 Å². The van der Waals surface area contributed by atoms with Crippen molar-refractivity contribution in [2.24, 2.45) is 0 Å². The lowest BCUT2D eigenvalue weighted by molar-refractivity contribution is 0.313. The molecule has 1 aromatic carbocycles. The van der Waals surface area contributed by atoms with E-state index in [2.05, 4.69) is 0 Å². The molecule has 3 aromatic rings. The van der Waals surface area contributed by atoms with Crippen LogP contribution in [0.4, 0.5) is 0 Å². The number of methoxy groups -OCH3 is 1. The SMILES string of the molecule is COc1cccc(-c2ccc3nc(C4CCN(S(=O)(=O)C5CC5)CC4)nn3c2)c1. The van der Waals surface area contributed by atoms with E-state index >= 15 is 0 Å². The zero-order valence-corrected chi connectivity index (χ0v) is 17.2. The highest BCUT2D eigenvalue weighted by molar-refractivity contribution is 7.90. The summed E-state index contributed by atoms with van der Waals surface area (Å²) < 4.78 is 33.7. The number of hydrogen-bond donors (Lipinski definition) is 0. The maximum Gasteiger partial charge on any atom is 0.216 e. The number of pyridine rings is 1. The molecule has 0 radical (unpaired) electrons. The number of rotatable bonds is 5. The van der Waals surface area contributed by atoms with E-state index in [1.807, 2.05) is 47.1 Å². The first-order valence-electron chi connectivity index (χ1n) is 10.0. The minimum Gasteiger partial charge on any atom is -0.497 e. The Labute approximate surface area is 170 Å². The monoisotopic (exact) mass is 412 g/mol. The number of ether oxygens (including phenoxy) is 1. The molecule has 0 bridgehead atoms. The van der Waals surface area contributed by atoms with Crippen molar-refractivity contribution in [3.05, 3.63) is 48.4 Å². The Kier molecular flexibility index (Phi) is 4.55. The molecule has 1 aliphatic heterocycles. The summed E-state index contributed by atoms with van der Waals surface area (Å²) in [5.41, 5.74) is 2.90. The van der Waals surface area contributed by atoms with E-state index in [9.17, 15) is 8.42 Å². The minimum atomic E-state index is -3.08. The van der Waals surface area contributed by atoms with Gasteiger partial charge >= 0.3 is 0 Å². The number of hydrogen-bond acceptors (Lipinski definition) is 5. The Hall–Kier alpha value is -2.45. The third kappa shape index (κ3) is 3.51. The highest BCUT2D eigenvalue weighted by Gasteiger charge is 2.41. The highest BCUT2D eigenvalue weighted by Crippen LogP contribution is 2.35. The molecule has 5 rings (SSSR count). The smallest absolute Gasteiger partial charge is 0.216 e. The van der Waals surface area contributed by atoms with Gasteiger partial charge in [0.2, 0.25) is 10.0 Å². The Morgan fingerprint density at radius 2 is 1.83 bits per heavy atom. The fraction of sp³-hybridized carbons (Fsp3) is 0.429. The predicted octanol–water partition coefficient (Wildman–Crippen LogP) is 3.08. The van der Waals surface area contributed by atoms with Crippen LogP contribution in [0, 0.1) is 0 Å². The Bertz CT molecular complexity index is 1150. The zero-order valence-electron chi connectivity index (χ0n) is 16.4. The standard InChI is InChI=1S/C21H24N4O3S/c1-28-18-4-2-3-16(13-18)17-5-8-20-22-21(23-25(20)14-17)15-9-11-24(12-10-15)29(26,27)19-6-7-19/h2-5,8,13-15,19H,6-7,9-12H2,1H3. The fourth-order valence-corrected chi connectivity index (χ4v) is 5.87. The van der Waals surface area contributed by atoms with Gasteiger partial charge in [-0.1, -0.05) is 12.1 Å². The van der Waals surface area contributed by atoms with Crippen molar-refractivity contribution < 1.29 is 13.2 Å². The molecular formula is C21H24N4O3S. The summed E-state index contributed by atoms with van der Waals surface area (Å²) in [6.07, 6.45) is 5.14. The molecule has 1 saturated heterocycles. The second-order valence-electron chi connectivity index (χ2n) is 7.84. The number of piperidine rings is 1. The van der Waals surface area contributed by atoms with Crippen molar-refractivity contribution in [2.75, 3.05) is 20.2 Å². The Morgan fingerprint density at radius 3 is 2.55 bits per heavy atom. The van der Waals surface area contributed by atoms with Crippen LogP contribution in [-0.2, 0) is 10.0 Å². The first-order valence-corrected chi connectivity index (χ1v) is 11.5. The van der Waals surface area contributed by atoms with Gasteiger partial charge in [-0.05, 0) is 55.5 Å². The Balaban J connectivity index is 1.35. The molecule has 2 fully saturated rings. The van der Waals surface area contributed by atoms with Gasteiger partial charge < -0.3 is 4.74 Å². The molecule has 0 N–H and O–H groups in total. The molecule has 0 spiro atoms. The van der Waals surface area contributed by atoms with Gasteiger partial charge in [-0.3, -0.25) is 0 Å². The highest BCUT2D eigenvalue weighted by atomic mass is 32.2. The average molecular weight is 413 g/mol. The molecule has 2 aromatic heterocycles. The van der Waals surface area contributed by atoms with Crippen LogP contribution in [0.5, 0.6) is 5.75 Å². The normalized spacial score (nSPS) is 18.9. The van der Waals surface area contributed by atoms with Crippen molar-refractivity contribution >= 4 is 15.7 Å². The van der Waals surface area contributed by atoms with Crippen molar-refractivity contribution in [1.82, 2.24) is 18.9 Å². The lowest BCUT2D eigenvalue weighted by Gasteiger charge is -2.29. The van der Waals surface area contributed by atoms with Crippen molar-refractivity contribution in [3.63, 3.8) is 0 Å². The minimum absolute atomic E-state index is 0.137. The fourth-order valence-electron chi connectivity index (χ4n) is 3.99. The van der Waals surface area contributed by atoms with Crippen LogP contribution in [0.3, 0.4) is 0 Å². The first kappa shape index (κ1) is 18.6. The maximum atomic E-state index is 12.4. The quantitative estimate of drug-likeness (QED) is 0.644. The summed E-state index contributed by atoms with van der Waals surface area (Å²) in [6, 6.07) is 11.9. The zero-order chi connectivity index (χ0) is 20.0. The molecule has 1 aliphatic carbocycles. The van der Waals surface area contributed by atoms with Gasteiger partial charge in [0.05, 0.1) is 12.4 Å². The van der Waals surface area contributed by atoms with Crippen LogP contribution in [0.1, 0.15) is 37.4 Å². The van der Waals surface area contributed by atoms with E-state index < -0.39 is 10.0 Å². The third-order valence-electron chi connectivity index (χ3n) is 5.87. The van der Waals surface area contributed by atoms with E-state index in [1.165, 1.54) is 0 Å². The summed E-state index contributed by atoms with van der Waals surface area (Å²) in [5.74, 6) is 1.81. The second kappa shape index (κ2) is 7.11. The molecule has 0 unspecified atom stereocenters. The maximum absolute atomic E-state index is 12.4. The van der Waals surface area contributed by atoms with Gasteiger partial charge in [0.1, 0.15) is 5.75 Å².